The highest BCUT2D eigenvalue weighted by atomic mass is 16.6. The summed E-state index contributed by atoms with van der Waals surface area (Å²) in [6.45, 7) is 12.4. The van der Waals surface area contributed by atoms with Crippen LogP contribution in [0.2, 0.25) is 0 Å². The number of rotatable bonds is 10. The van der Waals surface area contributed by atoms with Crippen LogP contribution in [-0.4, -0.2) is 47.3 Å². The maximum Gasteiger partial charge on any atom is 0.350 e. The van der Waals surface area contributed by atoms with Gasteiger partial charge in [-0.3, -0.25) is 9.59 Å². The number of aryl methyl sites for hydroxylation is 2. The van der Waals surface area contributed by atoms with E-state index in [0.717, 1.165) is 60.1 Å². The van der Waals surface area contributed by atoms with Crippen LogP contribution < -0.4 is 9.64 Å². The van der Waals surface area contributed by atoms with E-state index in [1.54, 1.807) is 26.0 Å². The monoisotopic (exact) mass is 530 g/mol. The first kappa shape index (κ1) is 28.3. The van der Waals surface area contributed by atoms with E-state index in [2.05, 4.69) is 4.90 Å². The summed E-state index contributed by atoms with van der Waals surface area (Å²) in [6.07, 6.45) is 3.53. The molecule has 2 aromatic carbocycles. The van der Waals surface area contributed by atoms with E-state index in [1.165, 1.54) is 0 Å². The van der Waals surface area contributed by atoms with Crippen LogP contribution in [0.5, 0.6) is 5.75 Å². The Labute approximate surface area is 230 Å². The van der Waals surface area contributed by atoms with Crippen molar-refractivity contribution in [2.45, 2.75) is 78.4 Å². The van der Waals surface area contributed by atoms with Crippen molar-refractivity contribution < 1.29 is 23.9 Å². The van der Waals surface area contributed by atoms with Crippen molar-refractivity contribution in [1.82, 2.24) is 4.98 Å². The second-order valence-electron chi connectivity index (χ2n) is 11.5. The first-order valence-corrected chi connectivity index (χ1v) is 13.6. The van der Waals surface area contributed by atoms with E-state index >= 15 is 0 Å². The zero-order valence-corrected chi connectivity index (χ0v) is 23.8. The number of esters is 1. The zero-order chi connectivity index (χ0) is 28.4. The molecule has 0 spiro atoms. The normalized spacial score (nSPS) is 13.9. The lowest BCUT2D eigenvalue weighted by Crippen LogP contribution is -2.44. The van der Waals surface area contributed by atoms with Crippen molar-refractivity contribution >= 4 is 34.8 Å². The molecule has 0 radical (unpaired) electrons. The van der Waals surface area contributed by atoms with Crippen molar-refractivity contribution in [3.05, 3.63) is 64.7 Å². The highest BCUT2D eigenvalue weighted by Gasteiger charge is 2.37. The Morgan fingerprint density at radius 1 is 1.00 bits per heavy atom. The van der Waals surface area contributed by atoms with Crippen LogP contribution in [0.15, 0.2) is 42.5 Å². The van der Waals surface area contributed by atoms with Crippen LogP contribution in [0.25, 0.3) is 10.9 Å². The van der Waals surface area contributed by atoms with E-state index < -0.39 is 17.2 Å². The number of hydrogen-bond donors (Lipinski definition) is 0. The number of ether oxygens (including phenoxy) is 2. The van der Waals surface area contributed by atoms with E-state index in [1.807, 2.05) is 58.0 Å². The standard InChI is InChI=1S/C32H38N2O5/c1-21-17-23(20-35)18-22(2)28(21)38-32(5,6)30(37)39-31(3,4)14-13-27(36)25-19-24-11-7-8-12-26(24)33-29(25)34-15-9-10-16-34/h7-8,11-12,17-20H,9-10,13-16H2,1-6H3. The molecule has 1 fully saturated rings. The molecule has 39 heavy (non-hydrogen) atoms. The number of Topliss-reactive ketones (excluding diaryl/α,β-unsaturated/α-hetero) is 1. The third kappa shape index (κ3) is 6.47. The third-order valence-corrected chi connectivity index (χ3v) is 7.20. The Kier molecular flexibility index (Phi) is 8.09. The average molecular weight is 531 g/mol. The number of para-hydroxylation sites is 1. The summed E-state index contributed by atoms with van der Waals surface area (Å²) in [6, 6.07) is 13.2. The fourth-order valence-corrected chi connectivity index (χ4v) is 4.96. The smallest absolute Gasteiger partial charge is 0.350 e. The van der Waals surface area contributed by atoms with Crippen molar-refractivity contribution in [1.29, 1.82) is 0 Å². The van der Waals surface area contributed by atoms with Crippen LogP contribution >= 0.6 is 0 Å². The Morgan fingerprint density at radius 3 is 2.28 bits per heavy atom. The quantitative estimate of drug-likeness (QED) is 0.170. The predicted octanol–water partition coefficient (Wildman–Crippen LogP) is 6.41. The minimum Gasteiger partial charge on any atom is -0.476 e. The zero-order valence-electron chi connectivity index (χ0n) is 23.8. The summed E-state index contributed by atoms with van der Waals surface area (Å²) in [4.78, 5) is 44.9. The fraction of sp³-hybridized carbons (Fsp3) is 0.438. The molecule has 7 heteroatoms. The molecule has 0 saturated carbocycles. The summed E-state index contributed by atoms with van der Waals surface area (Å²) < 4.78 is 12.0. The highest BCUT2D eigenvalue weighted by molar-refractivity contribution is 6.03. The molecule has 0 amide bonds. The number of nitrogens with zero attached hydrogens (tertiary/aromatic N) is 2. The molecule has 1 saturated heterocycles. The van der Waals surface area contributed by atoms with Crippen LogP contribution in [0.3, 0.4) is 0 Å². The van der Waals surface area contributed by atoms with Gasteiger partial charge in [-0.2, -0.15) is 0 Å². The Bertz CT molecular complexity index is 1380. The third-order valence-electron chi connectivity index (χ3n) is 7.20. The molecule has 2 heterocycles. The minimum absolute atomic E-state index is 0.0173. The maximum absolute atomic E-state index is 13.5. The SMILES string of the molecule is Cc1cc(C=O)cc(C)c1OC(C)(C)C(=O)OC(C)(C)CCC(=O)c1cc2ccccc2nc1N1CCCC1. The Hall–Kier alpha value is -3.74. The molecule has 1 aromatic heterocycles. The first-order chi connectivity index (χ1) is 18.4. The Morgan fingerprint density at radius 2 is 1.64 bits per heavy atom. The molecule has 3 aromatic rings. The fourth-order valence-electron chi connectivity index (χ4n) is 4.96. The number of ketones is 1. The van der Waals surface area contributed by atoms with Gasteiger partial charge in [0.15, 0.2) is 11.4 Å². The largest absolute Gasteiger partial charge is 0.476 e. The lowest BCUT2D eigenvalue weighted by molar-refractivity contribution is -0.173. The second-order valence-corrected chi connectivity index (χ2v) is 11.5. The number of aromatic nitrogens is 1. The van der Waals surface area contributed by atoms with E-state index in [9.17, 15) is 14.4 Å². The molecular formula is C32H38N2O5. The van der Waals surface area contributed by atoms with E-state index in [-0.39, 0.29) is 12.2 Å². The molecule has 4 rings (SSSR count). The summed E-state index contributed by atoms with van der Waals surface area (Å²) in [5.41, 5.74) is 1.41. The van der Waals surface area contributed by atoms with Crippen molar-refractivity contribution in [3.63, 3.8) is 0 Å². The maximum atomic E-state index is 13.5. The molecule has 0 unspecified atom stereocenters. The van der Waals surface area contributed by atoms with Crippen molar-refractivity contribution in [3.8, 4) is 5.75 Å². The van der Waals surface area contributed by atoms with Gasteiger partial charge in [-0.15, -0.1) is 0 Å². The van der Waals surface area contributed by atoms with Crippen molar-refractivity contribution in [2.24, 2.45) is 0 Å². The number of carbonyl (C=O) groups is 3. The molecule has 1 aliphatic rings. The number of anilines is 1. The van der Waals surface area contributed by atoms with Gasteiger partial charge in [-0.05, 0) is 96.2 Å². The molecule has 0 aliphatic carbocycles. The number of pyridine rings is 1. The first-order valence-electron chi connectivity index (χ1n) is 13.6. The van der Waals surface area contributed by atoms with Gasteiger partial charge < -0.3 is 14.4 Å². The number of fused-ring (bicyclic) bond motifs is 1. The van der Waals surface area contributed by atoms with Gasteiger partial charge in [-0.1, -0.05) is 18.2 Å². The predicted molar refractivity (Wildman–Crippen MR) is 153 cm³/mol. The summed E-state index contributed by atoms with van der Waals surface area (Å²) in [7, 11) is 0. The molecule has 206 valence electrons. The number of hydrogen-bond acceptors (Lipinski definition) is 7. The number of carbonyl (C=O) groups excluding carboxylic acids is 3. The Balaban J connectivity index is 1.46. The molecule has 1 aliphatic heterocycles. The lowest BCUT2D eigenvalue weighted by atomic mass is 9.96. The summed E-state index contributed by atoms with van der Waals surface area (Å²) in [5.74, 6) is 0.750. The molecule has 7 nitrogen and oxygen atoms in total. The van der Waals surface area contributed by atoms with Crippen LogP contribution in [-0.2, 0) is 9.53 Å². The molecular weight excluding hydrogens is 492 g/mol. The van der Waals surface area contributed by atoms with Crippen LogP contribution in [0.4, 0.5) is 5.82 Å². The summed E-state index contributed by atoms with van der Waals surface area (Å²) >= 11 is 0. The van der Waals surface area contributed by atoms with Gasteiger partial charge in [0.1, 0.15) is 23.5 Å². The van der Waals surface area contributed by atoms with Gasteiger partial charge in [0, 0.05) is 30.5 Å². The van der Waals surface area contributed by atoms with Crippen molar-refractivity contribution in [2.75, 3.05) is 18.0 Å². The lowest BCUT2D eigenvalue weighted by Gasteiger charge is -2.32. The summed E-state index contributed by atoms with van der Waals surface area (Å²) in [5, 5.41) is 0.931. The topological polar surface area (TPSA) is 85.8 Å². The molecule has 0 N–H and O–H groups in total. The van der Waals surface area contributed by atoms with Crippen LogP contribution in [0.1, 0.15) is 85.2 Å². The molecule has 0 bridgehead atoms. The van der Waals surface area contributed by atoms with Crippen LogP contribution in [0, 0.1) is 13.8 Å². The van der Waals surface area contributed by atoms with Gasteiger partial charge in [0.2, 0.25) is 0 Å². The van der Waals surface area contributed by atoms with E-state index in [0.29, 0.717) is 23.3 Å². The van der Waals surface area contributed by atoms with Gasteiger partial charge in [0.05, 0.1) is 11.1 Å². The number of benzene rings is 2. The molecule has 0 atom stereocenters. The number of aldehydes is 1. The average Bonchev–Trinajstić information content (AvgIpc) is 3.43. The van der Waals surface area contributed by atoms with Gasteiger partial charge in [0.25, 0.3) is 0 Å². The van der Waals surface area contributed by atoms with Gasteiger partial charge >= 0.3 is 5.97 Å². The highest BCUT2D eigenvalue weighted by Crippen LogP contribution is 2.32. The minimum atomic E-state index is -1.27. The van der Waals surface area contributed by atoms with E-state index in [4.69, 9.17) is 14.5 Å². The second kappa shape index (κ2) is 11.2. The van der Waals surface area contributed by atoms with Gasteiger partial charge in [-0.25, -0.2) is 9.78 Å².